The van der Waals surface area contributed by atoms with E-state index in [2.05, 4.69) is 5.32 Å². The van der Waals surface area contributed by atoms with Gasteiger partial charge in [0.2, 0.25) is 10.0 Å². The molecule has 0 spiro atoms. The Bertz CT molecular complexity index is 890. The van der Waals surface area contributed by atoms with Gasteiger partial charge in [-0.15, -0.1) is 0 Å². The number of rotatable bonds is 6. The van der Waals surface area contributed by atoms with Crippen molar-refractivity contribution >= 4 is 27.6 Å². The number of hydrogen-bond donors (Lipinski definition) is 2. The van der Waals surface area contributed by atoms with Gasteiger partial charge in [-0.3, -0.25) is 4.79 Å². The van der Waals surface area contributed by atoms with Crippen molar-refractivity contribution in [3.8, 4) is 0 Å². The maximum absolute atomic E-state index is 12.1. The summed E-state index contributed by atoms with van der Waals surface area (Å²) in [4.78, 5) is 24.1. The molecule has 1 amide bonds. The molecule has 3 N–H and O–H groups in total. The molecule has 0 unspecified atom stereocenters. The summed E-state index contributed by atoms with van der Waals surface area (Å²) in [7, 11) is -3.80. The molecule has 0 fully saturated rings. The molecule has 2 aromatic carbocycles. The number of aryl methyl sites for hydroxylation is 1. The van der Waals surface area contributed by atoms with Crippen LogP contribution in [0.25, 0.3) is 0 Å². The van der Waals surface area contributed by atoms with Crippen molar-refractivity contribution in [3.63, 3.8) is 0 Å². The minimum atomic E-state index is -3.80. The number of carbonyl (C=O) groups excluding carboxylic acids is 2. The lowest BCUT2D eigenvalue weighted by molar-refractivity contribution is -0.123. The van der Waals surface area contributed by atoms with Gasteiger partial charge in [-0.05, 0) is 55.3 Å². The first-order valence-electron chi connectivity index (χ1n) is 7.94. The summed E-state index contributed by atoms with van der Waals surface area (Å²) in [5.41, 5.74) is 1.81. The first-order chi connectivity index (χ1) is 12.2. The van der Waals surface area contributed by atoms with Gasteiger partial charge in [0.05, 0.1) is 10.5 Å². The molecular weight excluding hydrogens is 356 g/mol. The fourth-order valence-corrected chi connectivity index (χ4v) is 2.65. The van der Waals surface area contributed by atoms with Gasteiger partial charge in [-0.1, -0.05) is 19.1 Å². The summed E-state index contributed by atoms with van der Waals surface area (Å²) in [5.74, 6) is -1.13. The van der Waals surface area contributed by atoms with Crippen LogP contribution in [0.4, 0.5) is 5.69 Å². The lowest BCUT2D eigenvalue weighted by Crippen LogP contribution is -2.30. The Balaban J connectivity index is 1.97. The molecule has 0 aliphatic rings. The number of sulfonamides is 1. The smallest absolute Gasteiger partial charge is 0.338 e. The molecule has 0 aliphatic heterocycles. The first kappa shape index (κ1) is 19.6. The number of amides is 1. The van der Waals surface area contributed by atoms with Crippen LogP contribution < -0.4 is 10.5 Å². The molecule has 0 saturated heterocycles. The lowest BCUT2D eigenvalue weighted by Gasteiger charge is -2.14. The molecule has 0 radical (unpaired) electrons. The van der Waals surface area contributed by atoms with Gasteiger partial charge >= 0.3 is 5.97 Å². The monoisotopic (exact) mass is 376 g/mol. The van der Waals surface area contributed by atoms with E-state index < -0.39 is 28.0 Å². The predicted molar refractivity (Wildman–Crippen MR) is 97.1 cm³/mol. The van der Waals surface area contributed by atoms with Crippen LogP contribution >= 0.6 is 0 Å². The normalized spacial score (nSPS) is 12.3. The molecule has 7 nitrogen and oxygen atoms in total. The van der Waals surface area contributed by atoms with Crippen LogP contribution in [0.3, 0.4) is 0 Å². The third-order valence-electron chi connectivity index (χ3n) is 3.70. The van der Waals surface area contributed by atoms with E-state index in [0.29, 0.717) is 11.3 Å². The SMILES string of the molecule is CCc1ccc(C(=O)O[C@H](C)C(=O)Nc2ccc(S(N)(=O)=O)cc2)cc1. The van der Waals surface area contributed by atoms with E-state index >= 15 is 0 Å². The summed E-state index contributed by atoms with van der Waals surface area (Å²) in [6.45, 7) is 3.46. The summed E-state index contributed by atoms with van der Waals surface area (Å²) in [6.07, 6.45) is -0.162. The molecule has 0 saturated carbocycles. The molecule has 0 aromatic heterocycles. The third-order valence-corrected chi connectivity index (χ3v) is 4.63. The highest BCUT2D eigenvalue weighted by Gasteiger charge is 2.19. The number of primary sulfonamides is 1. The Labute approximate surface area is 152 Å². The Kier molecular flexibility index (Phi) is 6.12. The van der Waals surface area contributed by atoms with E-state index in [1.165, 1.54) is 31.2 Å². The largest absolute Gasteiger partial charge is 0.449 e. The summed E-state index contributed by atoms with van der Waals surface area (Å²) in [6, 6.07) is 12.3. The zero-order valence-corrected chi connectivity index (χ0v) is 15.2. The van der Waals surface area contributed by atoms with Crippen LogP contribution in [-0.2, 0) is 26.0 Å². The number of hydrogen-bond acceptors (Lipinski definition) is 5. The van der Waals surface area contributed by atoms with E-state index in [4.69, 9.17) is 9.88 Å². The Morgan fingerprint density at radius 3 is 2.15 bits per heavy atom. The van der Waals surface area contributed by atoms with Crippen LogP contribution in [0.5, 0.6) is 0 Å². The second kappa shape index (κ2) is 8.11. The molecule has 0 heterocycles. The number of anilines is 1. The van der Waals surface area contributed by atoms with E-state index in [1.54, 1.807) is 12.1 Å². The predicted octanol–water partition coefficient (Wildman–Crippen LogP) is 2.08. The van der Waals surface area contributed by atoms with E-state index in [1.807, 2.05) is 19.1 Å². The maximum Gasteiger partial charge on any atom is 0.338 e. The molecule has 1 atom stereocenters. The molecule has 2 rings (SSSR count). The minimum absolute atomic E-state index is 0.0644. The van der Waals surface area contributed by atoms with E-state index in [-0.39, 0.29) is 4.90 Å². The van der Waals surface area contributed by atoms with Crippen molar-refractivity contribution < 1.29 is 22.7 Å². The van der Waals surface area contributed by atoms with Gasteiger partial charge in [0.1, 0.15) is 0 Å². The Morgan fingerprint density at radius 1 is 1.08 bits per heavy atom. The number of esters is 1. The van der Waals surface area contributed by atoms with Gasteiger partial charge < -0.3 is 10.1 Å². The first-order valence-corrected chi connectivity index (χ1v) is 9.49. The van der Waals surface area contributed by atoms with E-state index in [9.17, 15) is 18.0 Å². The van der Waals surface area contributed by atoms with Gasteiger partial charge in [0.15, 0.2) is 6.10 Å². The number of nitrogens with two attached hydrogens (primary N) is 1. The average molecular weight is 376 g/mol. The standard InChI is InChI=1S/C18H20N2O5S/c1-3-13-4-6-14(7-5-13)18(22)25-12(2)17(21)20-15-8-10-16(11-9-15)26(19,23)24/h4-12H,3H2,1-2H3,(H,20,21)(H2,19,23,24)/t12-/m1/s1. The van der Waals surface area contributed by atoms with Gasteiger partial charge in [-0.25, -0.2) is 18.4 Å². The highest BCUT2D eigenvalue weighted by Crippen LogP contribution is 2.14. The number of nitrogens with one attached hydrogen (secondary N) is 1. The fourth-order valence-electron chi connectivity index (χ4n) is 2.13. The van der Waals surface area contributed by atoms with Crippen molar-refractivity contribution in [3.05, 3.63) is 59.7 Å². The molecular formula is C18H20N2O5S. The number of ether oxygens (including phenoxy) is 1. The molecule has 138 valence electrons. The van der Waals surface area contributed by atoms with Crippen LogP contribution in [0, 0.1) is 0 Å². The highest BCUT2D eigenvalue weighted by molar-refractivity contribution is 7.89. The zero-order valence-electron chi connectivity index (χ0n) is 14.4. The zero-order chi connectivity index (χ0) is 19.3. The summed E-state index contributed by atoms with van der Waals surface area (Å²) in [5, 5.41) is 7.56. The second-order valence-electron chi connectivity index (χ2n) is 5.66. The third kappa shape index (κ3) is 5.14. The molecule has 0 bridgehead atoms. The van der Waals surface area contributed by atoms with Crippen molar-refractivity contribution in [1.29, 1.82) is 0 Å². The van der Waals surface area contributed by atoms with Gasteiger partial charge in [0.25, 0.3) is 5.91 Å². The molecule has 26 heavy (non-hydrogen) atoms. The van der Waals surface area contributed by atoms with Crippen molar-refractivity contribution in [2.45, 2.75) is 31.3 Å². The lowest BCUT2D eigenvalue weighted by atomic mass is 10.1. The topological polar surface area (TPSA) is 116 Å². The maximum atomic E-state index is 12.1. The van der Waals surface area contributed by atoms with Gasteiger partial charge in [-0.2, -0.15) is 0 Å². The van der Waals surface area contributed by atoms with Crippen LogP contribution in [0.2, 0.25) is 0 Å². The quantitative estimate of drug-likeness (QED) is 0.749. The van der Waals surface area contributed by atoms with Crippen molar-refractivity contribution in [2.75, 3.05) is 5.32 Å². The number of benzene rings is 2. The highest BCUT2D eigenvalue weighted by atomic mass is 32.2. The second-order valence-corrected chi connectivity index (χ2v) is 7.22. The van der Waals surface area contributed by atoms with Crippen LogP contribution in [-0.4, -0.2) is 26.4 Å². The molecule has 2 aromatic rings. The average Bonchev–Trinajstić information content (AvgIpc) is 2.61. The summed E-state index contributed by atoms with van der Waals surface area (Å²) >= 11 is 0. The Morgan fingerprint density at radius 2 is 1.65 bits per heavy atom. The van der Waals surface area contributed by atoms with Crippen LogP contribution in [0.15, 0.2) is 53.4 Å². The number of carbonyl (C=O) groups is 2. The summed E-state index contributed by atoms with van der Waals surface area (Å²) < 4.78 is 27.6. The van der Waals surface area contributed by atoms with E-state index in [0.717, 1.165) is 12.0 Å². The molecule has 0 aliphatic carbocycles. The Hall–Kier alpha value is -2.71. The fraction of sp³-hybridized carbons (Fsp3) is 0.222. The van der Waals surface area contributed by atoms with Gasteiger partial charge in [0, 0.05) is 5.69 Å². The molecule has 8 heteroatoms. The van der Waals surface area contributed by atoms with Crippen molar-refractivity contribution in [1.82, 2.24) is 0 Å². The van der Waals surface area contributed by atoms with Crippen molar-refractivity contribution in [2.24, 2.45) is 5.14 Å². The minimum Gasteiger partial charge on any atom is -0.449 e. The van der Waals surface area contributed by atoms with Crippen LogP contribution in [0.1, 0.15) is 29.8 Å².